The summed E-state index contributed by atoms with van der Waals surface area (Å²) in [5.41, 5.74) is 0. The Hall–Kier alpha value is -0.120. The fourth-order valence-electron chi connectivity index (χ4n) is 3.88. The molecule has 0 bridgehead atoms. The lowest BCUT2D eigenvalue weighted by molar-refractivity contribution is 0.147. The summed E-state index contributed by atoms with van der Waals surface area (Å²) in [5.74, 6) is 0. The largest absolute Gasteiger partial charge is 0.311 e. The minimum atomic E-state index is 0.796. The van der Waals surface area contributed by atoms with Crippen LogP contribution in [0, 0.1) is 0 Å². The number of likely N-dealkylation sites (tertiary alicyclic amines) is 1. The lowest BCUT2D eigenvalue weighted by Gasteiger charge is -2.38. The minimum Gasteiger partial charge on any atom is -0.311 e. The van der Waals surface area contributed by atoms with Crippen molar-refractivity contribution in [1.29, 1.82) is 0 Å². The SMILES string of the molecule is CN1CCC(NC2CCN3CCCC3C2)CC1. The van der Waals surface area contributed by atoms with Crippen LogP contribution in [0.3, 0.4) is 0 Å². The summed E-state index contributed by atoms with van der Waals surface area (Å²) in [6, 6.07) is 2.51. The molecule has 3 heteroatoms. The molecule has 3 fully saturated rings. The van der Waals surface area contributed by atoms with Gasteiger partial charge in [0.25, 0.3) is 0 Å². The predicted octanol–water partition coefficient (Wildman–Crippen LogP) is 1.30. The van der Waals surface area contributed by atoms with Gasteiger partial charge in [-0.3, -0.25) is 0 Å². The van der Waals surface area contributed by atoms with Crippen LogP contribution in [0.1, 0.15) is 38.5 Å². The smallest absolute Gasteiger partial charge is 0.0111 e. The Morgan fingerprint density at radius 2 is 1.65 bits per heavy atom. The molecule has 0 aliphatic carbocycles. The van der Waals surface area contributed by atoms with Crippen LogP contribution in [0.15, 0.2) is 0 Å². The second kappa shape index (κ2) is 5.25. The average molecular weight is 237 g/mol. The third kappa shape index (κ3) is 2.83. The van der Waals surface area contributed by atoms with Crippen molar-refractivity contribution in [1.82, 2.24) is 15.1 Å². The van der Waals surface area contributed by atoms with Gasteiger partial charge in [0.15, 0.2) is 0 Å². The highest BCUT2D eigenvalue weighted by molar-refractivity contribution is 4.91. The second-order valence-electron chi connectivity index (χ2n) is 6.30. The Bertz CT molecular complexity index is 248. The van der Waals surface area contributed by atoms with Crippen molar-refractivity contribution >= 4 is 0 Å². The summed E-state index contributed by atoms with van der Waals surface area (Å²) in [6.07, 6.45) is 8.37. The Kier molecular flexibility index (Phi) is 3.69. The zero-order valence-corrected chi connectivity index (χ0v) is 11.2. The molecule has 2 atom stereocenters. The molecule has 0 radical (unpaired) electrons. The molecule has 17 heavy (non-hydrogen) atoms. The quantitative estimate of drug-likeness (QED) is 0.781. The molecule has 0 saturated carbocycles. The van der Waals surface area contributed by atoms with E-state index in [2.05, 4.69) is 22.2 Å². The highest BCUT2D eigenvalue weighted by Gasteiger charge is 2.32. The molecule has 0 aromatic heterocycles. The van der Waals surface area contributed by atoms with E-state index in [0.29, 0.717) is 0 Å². The number of hydrogen-bond acceptors (Lipinski definition) is 3. The summed E-state index contributed by atoms with van der Waals surface area (Å²) in [4.78, 5) is 5.17. The maximum absolute atomic E-state index is 3.94. The molecule has 3 heterocycles. The fourth-order valence-corrected chi connectivity index (χ4v) is 3.88. The van der Waals surface area contributed by atoms with Crippen LogP contribution in [-0.2, 0) is 0 Å². The normalized spacial score (nSPS) is 37.2. The second-order valence-corrected chi connectivity index (χ2v) is 6.30. The minimum absolute atomic E-state index is 0.796. The highest BCUT2D eigenvalue weighted by Crippen LogP contribution is 2.27. The van der Waals surface area contributed by atoms with Gasteiger partial charge < -0.3 is 15.1 Å². The first-order chi connectivity index (χ1) is 8.31. The lowest BCUT2D eigenvalue weighted by Crippen LogP contribution is -2.51. The fraction of sp³-hybridized carbons (Fsp3) is 1.00. The third-order valence-corrected chi connectivity index (χ3v) is 5.01. The van der Waals surface area contributed by atoms with Gasteiger partial charge in [-0.25, -0.2) is 0 Å². The van der Waals surface area contributed by atoms with Crippen molar-refractivity contribution < 1.29 is 0 Å². The maximum atomic E-state index is 3.94. The molecule has 3 saturated heterocycles. The Balaban J connectivity index is 1.46. The van der Waals surface area contributed by atoms with Crippen molar-refractivity contribution in [2.75, 3.05) is 33.2 Å². The monoisotopic (exact) mass is 237 g/mol. The summed E-state index contributed by atoms with van der Waals surface area (Å²) < 4.78 is 0. The van der Waals surface area contributed by atoms with Crippen molar-refractivity contribution in [3.8, 4) is 0 Å². The predicted molar refractivity (Wildman–Crippen MR) is 71.3 cm³/mol. The van der Waals surface area contributed by atoms with Crippen molar-refractivity contribution in [3.63, 3.8) is 0 Å². The molecule has 3 nitrogen and oxygen atoms in total. The Labute approximate surface area is 106 Å². The third-order valence-electron chi connectivity index (χ3n) is 5.01. The first-order valence-corrected chi connectivity index (χ1v) is 7.50. The number of hydrogen-bond donors (Lipinski definition) is 1. The van der Waals surface area contributed by atoms with Crippen LogP contribution in [0.4, 0.5) is 0 Å². The lowest BCUT2D eigenvalue weighted by atomic mass is 9.95. The van der Waals surface area contributed by atoms with E-state index in [1.165, 1.54) is 64.7 Å². The molecular formula is C14H27N3. The van der Waals surface area contributed by atoms with Crippen LogP contribution in [0.2, 0.25) is 0 Å². The van der Waals surface area contributed by atoms with Crippen LogP contribution in [0.5, 0.6) is 0 Å². The van der Waals surface area contributed by atoms with Crippen LogP contribution in [0.25, 0.3) is 0 Å². The zero-order valence-electron chi connectivity index (χ0n) is 11.2. The summed E-state index contributed by atoms with van der Waals surface area (Å²) in [6.45, 7) is 5.26. The van der Waals surface area contributed by atoms with Gasteiger partial charge in [0.2, 0.25) is 0 Å². The first-order valence-electron chi connectivity index (χ1n) is 7.50. The van der Waals surface area contributed by atoms with E-state index in [1.54, 1.807) is 0 Å². The van der Waals surface area contributed by atoms with E-state index in [4.69, 9.17) is 0 Å². The van der Waals surface area contributed by atoms with Gasteiger partial charge >= 0.3 is 0 Å². The van der Waals surface area contributed by atoms with Gasteiger partial charge in [-0.05, 0) is 71.8 Å². The summed E-state index contributed by atoms with van der Waals surface area (Å²) in [5, 5.41) is 3.94. The van der Waals surface area contributed by atoms with E-state index < -0.39 is 0 Å². The van der Waals surface area contributed by atoms with E-state index in [0.717, 1.165) is 18.1 Å². The van der Waals surface area contributed by atoms with E-state index in [-0.39, 0.29) is 0 Å². The van der Waals surface area contributed by atoms with Gasteiger partial charge in [0, 0.05) is 18.1 Å². The molecule has 0 aromatic carbocycles. The first kappa shape index (κ1) is 11.9. The van der Waals surface area contributed by atoms with Gasteiger partial charge in [-0.15, -0.1) is 0 Å². The molecule has 0 aromatic rings. The average Bonchev–Trinajstić information content (AvgIpc) is 2.79. The van der Waals surface area contributed by atoms with Gasteiger partial charge in [-0.2, -0.15) is 0 Å². The van der Waals surface area contributed by atoms with Gasteiger partial charge in [0.1, 0.15) is 0 Å². The molecule has 3 aliphatic heterocycles. The standard InChI is InChI=1S/C14H27N3/c1-16-8-4-12(5-9-16)15-13-6-10-17-7-2-3-14(17)11-13/h12-15H,2-11H2,1H3. The van der Waals surface area contributed by atoms with E-state index in [1.807, 2.05) is 0 Å². The number of rotatable bonds is 2. The molecule has 98 valence electrons. The van der Waals surface area contributed by atoms with E-state index >= 15 is 0 Å². The van der Waals surface area contributed by atoms with Crippen molar-refractivity contribution in [3.05, 3.63) is 0 Å². The molecule has 3 rings (SSSR count). The van der Waals surface area contributed by atoms with Crippen LogP contribution >= 0.6 is 0 Å². The molecule has 3 aliphatic rings. The number of piperidine rings is 2. The van der Waals surface area contributed by atoms with Crippen LogP contribution in [-0.4, -0.2) is 61.2 Å². The van der Waals surface area contributed by atoms with E-state index in [9.17, 15) is 0 Å². The van der Waals surface area contributed by atoms with Crippen molar-refractivity contribution in [2.45, 2.75) is 56.7 Å². The summed E-state index contributed by atoms with van der Waals surface area (Å²) >= 11 is 0. The topological polar surface area (TPSA) is 18.5 Å². The van der Waals surface area contributed by atoms with Crippen LogP contribution < -0.4 is 5.32 Å². The molecule has 0 amide bonds. The Morgan fingerprint density at radius 1 is 0.882 bits per heavy atom. The van der Waals surface area contributed by atoms with Gasteiger partial charge in [0.05, 0.1) is 0 Å². The molecule has 1 N–H and O–H groups in total. The molecular weight excluding hydrogens is 210 g/mol. The number of nitrogens with zero attached hydrogens (tertiary/aromatic N) is 2. The summed E-state index contributed by atoms with van der Waals surface area (Å²) in [7, 11) is 2.24. The number of fused-ring (bicyclic) bond motifs is 1. The molecule has 2 unspecified atom stereocenters. The zero-order chi connectivity index (χ0) is 11.7. The number of nitrogens with one attached hydrogen (secondary N) is 1. The highest BCUT2D eigenvalue weighted by atomic mass is 15.2. The Morgan fingerprint density at radius 3 is 2.47 bits per heavy atom. The molecule has 0 spiro atoms. The van der Waals surface area contributed by atoms with Gasteiger partial charge in [-0.1, -0.05) is 0 Å². The van der Waals surface area contributed by atoms with Crippen molar-refractivity contribution in [2.24, 2.45) is 0 Å². The maximum Gasteiger partial charge on any atom is 0.0111 e.